The summed E-state index contributed by atoms with van der Waals surface area (Å²) in [6.07, 6.45) is 4.95. The second kappa shape index (κ2) is 8.06. The van der Waals surface area contributed by atoms with Gasteiger partial charge >= 0.3 is 0 Å². The van der Waals surface area contributed by atoms with Gasteiger partial charge in [-0.2, -0.15) is 0 Å². The summed E-state index contributed by atoms with van der Waals surface area (Å²) in [5.74, 6) is 0. The van der Waals surface area contributed by atoms with Crippen molar-refractivity contribution in [2.24, 2.45) is 0 Å². The van der Waals surface area contributed by atoms with Gasteiger partial charge in [0.2, 0.25) is 0 Å². The standard InChI is InChI=1S/C10H22N/c1-4-7-10-11(8-5-2)9-6-3/h2,4-10H2,1,3H3. The van der Waals surface area contributed by atoms with Crippen molar-refractivity contribution in [2.75, 3.05) is 19.6 Å². The molecule has 0 unspecified atom stereocenters. The summed E-state index contributed by atoms with van der Waals surface area (Å²) in [5, 5.41) is 0. The minimum absolute atomic E-state index is 1.05. The maximum atomic E-state index is 3.87. The zero-order chi connectivity index (χ0) is 8.53. The number of hydrogen-bond acceptors (Lipinski definition) is 1. The highest BCUT2D eigenvalue weighted by molar-refractivity contribution is 4.57. The number of rotatable bonds is 7. The molecule has 11 heavy (non-hydrogen) atoms. The van der Waals surface area contributed by atoms with Gasteiger partial charge in [-0.1, -0.05) is 27.2 Å². The molecule has 0 atom stereocenters. The van der Waals surface area contributed by atoms with Crippen LogP contribution in [0.25, 0.3) is 0 Å². The van der Waals surface area contributed by atoms with E-state index in [2.05, 4.69) is 25.7 Å². The van der Waals surface area contributed by atoms with Gasteiger partial charge in [0.15, 0.2) is 0 Å². The summed E-state index contributed by atoms with van der Waals surface area (Å²) in [4.78, 5) is 2.51. The van der Waals surface area contributed by atoms with Gasteiger partial charge in [-0.3, -0.25) is 0 Å². The van der Waals surface area contributed by atoms with E-state index < -0.39 is 0 Å². The van der Waals surface area contributed by atoms with Crippen LogP contribution in [0.3, 0.4) is 0 Å². The largest absolute Gasteiger partial charge is 0.303 e. The summed E-state index contributed by atoms with van der Waals surface area (Å²) in [6, 6.07) is 0. The molecule has 0 N–H and O–H groups in total. The van der Waals surface area contributed by atoms with Gasteiger partial charge in [-0.05, 0) is 38.9 Å². The molecule has 0 heterocycles. The quantitative estimate of drug-likeness (QED) is 0.548. The van der Waals surface area contributed by atoms with Crippen LogP contribution in [0.5, 0.6) is 0 Å². The summed E-state index contributed by atoms with van der Waals surface area (Å²) in [7, 11) is 0. The summed E-state index contributed by atoms with van der Waals surface area (Å²) in [5.41, 5.74) is 0. The van der Waals surface area contributed by atoms with Crippen molar-refractivity contribution in [3.05, 3.63) is 6.92 Å². The van der Waals surface area contributed by atoms with Gasteiger partial charge in [-0.25, -0.2) is 0 Å². The lowest BCUT2D eigenvalue weighted by atomic mass is 10.3. The van der Waals surface area contributed by atoms with Crippen molar-refractivity contribution in [1.82, 2.24) is 4.90 Å². The van der Waals surface area contributed by atoms with Crippen LogP contribution in [0.15, 0.2) is 0 Å². The molecule has 0 aliphatic rings. The fourth-order valence-corrected chi connectivity index (χ4v) is 1.26. The summed E-state index contributed by atoms with van der Waals surface area (Å²) in [6.45, 7) is 12.0. The molecular formula is C10H22N. The SMILES string of the molecule is [CH2]CCN(CCC)CCCC. The Bertz CT molecular complexity index is 65.3. The van der Waals surface area contributed by atoms with Crippen molar-refractivity contribution in [3.63, 3.8) is 0 Å². The fourth-order valence-electron chi connectivity index (χ4n) is 1.26. The van der Waals surface area contributed by atoms with Crippen molar-refractivity contribution in [2.45, 2.75) is 39.5 Å². The molecule has 0 amide bonds. The van der Waals surface area contributed by atoms with Crippen LogP contribution < -0.4 is 0 Å². The van der Waals surface area contributed by atoms with Crippen molar-refractivity contribution >= 4 is 0 Å². The van der Waals surface area contributed by atoms with E-state index in [1.54, 1.807) is 0 Å². The van der Waals surface area contributed by atoms with Gasteiger partial charge in [0, 0.05) is 0 Å². The highest BCUT2D eigenvalue weighted by atomic mass is 15.1. The molecular weight excluding hydrogens is 134 g/mol. The summed E-state index contributed by atoms with van der Waals surface area (Å²) < 4.78 is 0. The maximum absolute atomic E-state index is 3.87. The molecule has 0 fully saturated rings. The molecule has 0 bridgehead atoms. The molecule has 0 aliphatic heterocycles. The molecule has 1 radical (unpaired) electrons. The van der Waals surface area contributed by atoms with Gasteiger partial charge in [-0.15, -0.1) is 0 Å². The third kappa shape index (κ3) is 6.36. The van der Waals surface area contributed by atoms with Crippen LogP contribution in [0.2, 0.25) is 0 Å². The molecule has 1 nitrogen and oxygen atoms in total. The highest BCUT2D eigenvalue weighted by Gasteiger charge is 1.99. The minimum Gasteiger partial charge on any atom is -0.303 e. The maximum Gasteiger partial charge on any atom is -0.00187 e. The molecule has 0 aromatic rings. The first-order chi connectivity index (χ1) is 5.35. The molecule has 0 rings (SSSR count). The van der Waals surface area contributed by atoms with Crippen molar-refractivity contribution < 1.29 is 0 Å². The van der Waals surface area contributed by atoms with E-state index in [0.717, 1.165) is 6.42 Å². The van der Waals surface area contributed by atoms with E-state index in [0.29, 0.717) is 0 Å². The average molecular weight is 156 g/mol. The summed E-state index contributed by atoms with van der Waals surface area (Å²) >= 11 is 0. The first-order valence-electron chi connectivity index (χ1n) is 4.86. The average Bonchev–Trinajstić information content (AvgIpc) is 2.01. The van der Waals surface area contributed by atoms with Crippen LogP contribution in [-0.4, -0.2) is 24.5 Å². The molecule has 0 saturated heterocycles. The van der Waals surface area contributed by atoms with Gasteiger partial charge < -0.3 is 4.90 Å². The van der Waals surface area contributed by atoms with E-state index in [4.69, 9.17) is 0 Å². The monoisotopic (exact) mass is 156 g/mol. The molecule has 1 heteroatoms. The van der Waals surface area contributed by atoms with Gasteiger partial charge in [0.25, 0.3) is 0 Å². The van der Waals surface area contributed by atoms with E-state index >= 15 is 0 Å². The van der Waals surface area contributed by atoms with Crippen LogP contribution in [0.1, 0.15) is 39.5 Å². The Labute approximate surface area is 71.8 Å². The first kappa shape index (κ1) is 11.0. The molecule has 0 aromatic carbocycles. The molecule has 0 saturated carbocycles. The lowest BCUT2D eigenvalue weighted by Gasteiger charge is -2.20. The second-order valence-electron chi connectivity index (χ2n) is 3.05. The van der Waals surface area contributed by atoms with Crippen LogP contribution >= 0.6 is 0 Å². The zero-order valence-corrected chi connectivity index (χ0v) is 8.10. The Morgan fingerprint density at radius 2 is 1.73 bits per heavy atom. The Hall–Kier alpha value is -0.0400. The number of unbranched alkanes of at least 4 members (excludes halogenated alkanes) is 1. The van der Waals surface area contributed by atoms with Crippen molar-refractivity contribution in [1.29, 1.82) is 0 Å². The lowest BCUT2D eigenvalue weighted by molar-refractivity contribution is 0.274. The Morgan fingerprint density at radius 3 is 2.18 bits per heavy atom. The molecule has 67 valence electrons. The van der Waals surface area contributed by atoms with Gasteiger partial charge in [0.05, 0.1) is 0 Å². The molecule has 0 aromatic heterocycles. The topological polar surface area (TPSA) is 3.24 Å². The van der Waals surface area contributed by atoms with Crippen molar-refractivity contribution in [3.8, 4) is 0 Å². The number of hydrogen-bond donors (Lipinski definition) is 0. The number of nitrogens with zero attached hydrogens (tertiary/aromatic N) is 1. The minimum atomic E-state index is 1.05. The van der Waals surface area contributed by atoms with E-state index in [-0.39, 0.29) is 0 Å². The predicted octanol–water partition coefficient (Wildman–Crippen LogP) is 2.72. The van der Waals surface area contributed by atoms with E-state index in [1.165, 1.54) is 38.9 Å². The smallest absolute Gasteiger partial charge is 0.00187 e. The van der Waals surface area contributed by atoms with Crippen LogP contribution in [-0.2, 0) is 0 Å². The Morgan fingerprint density at radius 1 is 1.00 bits per heavy atom. The first-order valence-corrected chi connectivity index (χ1v) is 4.86. The predicted molar refractivity (Wildman–Crippen MR) is 51.6 cm³/mol. The third-order valence-corrected chi connectivity index (χ3v) is 1.84. The Kier molecular flexibility index (Phi) is 8.03. The molecule has 0 spiro atoms. The normalized spacial score (nSPS) is 10.9. The van der Waals surface area contributed by atoms with Crippen LogP contribution in [0, 0.1) is 6.92 Å². The van der Waals surface area contributed by atoms with E-state index in [9.17, 15) is 0 Å². The Balaban J connectivity index is 3.34. The van der Waals surface area contributed by atoms with Crippen LogP contribution in [0.4, 0.5) is 0 Å². The highest BCUT2D eigenvalue weighted by Crippen LogP contribution is 1.97. The zero-order valence-electron chi connectivity index (χ0n) is 8.10. The fraction of sp³-hybridized carbons (Fsp3) is 0.900. The lowest BCUT2D eigenvalue weighted by Crippen LogP contribution is -2.26. The third-order valence-electron chi connectivity index (χ3n) is 1.84. The van der Waals surface area contributed by atoms with E-state index in [1.807, 2.05) is 0 Å². The van der Waals surface area contributed by atoms with Gasteiger partial charge in [0.1, 0.15) is 0 Å². The molecule has 0 aliphatic carbocycles. The second-order valence-corrected chi connectivity index (χ2v) is 3.05.